The molecule has 0 unspecified atom stereocenters. The minimum Gasteiger partial charge on any atom is -0.497 e. The molecule has 0 aliphatic carbocycles. The summed E-state index contributed by atoms with van der Waals surface area (Å²) >= 11 is 0. The summed E-state index contributed by atoms with van der Waals surface area (Å²) in [6, 6.07) is 6.87. The van der Waals surface area contributed by atoms with E-state index in [1.807, 2.05) is 4.90 Å². The highest BCUT2D eigenvalue weighted by molar-refractivity contribution is 5.63. The van der Waals surface area contributed by atoms with Crippen LogP contribution in [0.4, 0.5) is 11.5 Å². The van der Waals surface area contributed by atoms with Gasteiger partial charge in [0.2, 0.25) is 5.82 Å². The summed E-state index contributed by atoms with van der Waals surface area (Å²) in [6.45, 7) is 3.69. The van der Waals surface area contributed by atoms with Crippen molar-refractivity contribution in [3.63, 3.8) is 0 Å². The van der Waals surface area contributed by atoms with E-state index >= 15 is 0 Å². The minimum atomic E-state index is -0.469. The van der Waals surface area contributed by atoms with Gasteiger partial charge in [0.05, 0.1) is 12.0 Å². The molecule has 2 heterocycles. The molecule has 8 heteroatoms. The van der Waals surface area contributed by atoms with Crippen LogP contribution in [0.3, 0.4) is 0 Å². The molecule has 8 nitrogen and oxygen atoms in total. The lowest BCUT2D eigenvalue weighted by Crippen LogP contribution is -2.34. The molecule has 0 saturated carbocycles. The normalized spacial score (nSPS) is 14.8. The number of benzene rings is 1. The second-order valence-corrected chi connectivity index (χ2v) is 6.61. The van der Waals surface area contributed by atoms with Crippen LogP contribution in [-0.2, 0) is 0 Å². The molecule has 0 spiro atoms. The maximum Gasteiger partial charge on any atom is 0.373 e. The fraction of sp³-hybridized carbons (Fsp3) is 0.474. The fourth-order valence-electron chi connectivity index (χ4n) is 3.44. The Morgan fingerprint density at radius 3 is 2.67 bits per heavy atom. The molecule has 1 aromatic heterocycles. The van der Waals surface area contributed by atoms with Crippen molar-refractivity contribution in [2.75, 3.05) is 25.1 Å². The number of hydrogen-bond acceptors (Lipinski definition) is 7. The molecule has 1 aromatic carbocycles. The second-order valence-electron chi connectivity index (χ2n) is 6.61. The zero-order valence-electron chi connectivity index (χ0n) is 15.6. The van der Waals surface area contributed by atoms with Crippen LogP contribution in [0.15, 0.2) is 30.6 Å². The summed E-state index contributed by atoms with van der Waals surface area (Å²) < 4.78 is 10.9. The van der Waals surface area contributed by atoms with Crippen LogP contribution in [0.1, 0.15) is 32.6 Å². The highest BCUT2D eigenvalue weighted by Crippen LogP contribution is 2.38. The van der Waals surface area contributed by atoms with Crippen molar-refractivity contribution in [2.45, 2.75) is 32.6 Å². The number of nitro groups is 1. The van der Waals surface area contributed by atoms with Gasteiger partial charge >= 0.3 is 11.6 Å². The van der Waals surface area contributed by atoms with Crippen LogP contribution in [0.25, 0.3) is 0 Å². The van der Waals surface area contributed by atoms with E-state index in [4.69, 9.17) is 9.47 Å². The lowest BCUT2D eigenvalue weighted by atomic mass is 9.92. The number of ether oxygens (including phenoxy) is 2. The highest BCUT2D eigenvalue weighted by Gasteiger charge is 2.31. The Morgan fingerprint density at radius 1 is 1.26 bits per heavy atom. The first kappa shape index (κ1) is 18.9. The molecule has 0 N–H and O–H groups in total. The van der Waals surface area contributed by atoms with Crippen molar-refractivity contribution in [3.8, 4) is 17.4 Å². The summed E-state index contributed by atoms with van der Waals surface area (Å²) in [4.78, 5) is 21.5. The molecule has 1 aliphatic heterocycles. The van der Waals surface area contributed by atoms with E-state index in [0.29, 0.717) is 23.2 Å². The van der Waals surface area contributed by atoms with Gasteiger partial charge in [-0.2, -0.15) is 4.98 Å². The summed E-state index contributed by atoms with van der Waals surface area (Å²) in [6.07, 6.45) is 5.71. The van der Waals surface area contributed by atoms with Gasteiger partial charge in [-0.15, -0.1) is 0 Å². The van der Waals surface area contributed by atoms with Gasteiger partial charge in [0.1, 0.15) is 17.8 Å². The first-order valence-corrected chi connectivity index (χ1v) is 9.18. The van der Waals surface area contributed by atoms with Crippen LogP contribution in [-0.4, -0.2) is 35.1 Å². The molecule has 0 atom stereocenters. The molecular formula is C19H24N4O4. The lowest BCUT2D eigenvalue weighted by Gasteiger charge is -2.32. The number of nitrogens with zero attached hydrogens (tertiary/aromatic N) is 4. The topological polar surface area (TPSA) is 90.6 Å². The predicted octanol–water partition coefficient (Wildman–Crippen LogP) is 4.20. The van der Waals surface area contributed by atoms with Crippen molar-refractivity contribution in [3.05, 3.63) is 40.7 Å². The molecule has 0 bridgehead atoms. The number of anilines is 1. The summed E-state index contributed by atoms with van der Waals surface area (Å²) in [5.41, 5.74) is -0.200. The molecule has 0 radical (unpaired) electrons. The van der Waals surface area contributed by atoms with Gasteiger partial charge in [0.25, 0.3) is 0 Å². The average molecular weight is 372 g/mol. The maximum atomic E-state index is 11.8. The first-order valence-electron chi connectivity index (χ1n) is 9.18. The van der Waals surface area contributed by atoms with Crippen molar-refractivity contribution in [1.82, 2.24) is 9.97 Å². The van der Waals surface area contributed by atoms with Crippen molar-refractivity contribution >= 4 is 11.5 Å². The van der Waals surface area contributed by atoms with Gasteiger partial charge in [-0.05, 0) is 30.9 Å². The van der Waals surface area contributed by atoms with Gasteiger partial charge in [-0.3, -0.25) is 10.1 Å². The van der Waals surface area contributed by atoms with Crippen LogP contribution >= 0.6 is 0 Å². The SMILES string of the molecule is CCCC1CCN(c2ncnc(Oc3cccc(OC)c3)c2[N+](=O)[O-])CC1. The lowest BCUT2D eigenvalue weighted by molar-refractivity contribution is -0.385. The molecule has 1 aliphatic rings. The third kappa shape index (κ3) is 4.45. The smallest absolute Gasteiger partial charge is 0.373 e. The standard InChI is InChI=1S/C19H24N4O4/c1-3-5-14-8-10-22(11-9-14)18-17(23(24)25)19(21-13-20-18)27-16-7-4-6-15(12-16)26-2/h4,6-7,12-14H,3,5,8-11H2,1-2H3. The molecule has 1 fully saturated rings. The van der Waals surface area contributed by atoms with Gasteiger partial charge in [0.15, 0.2) is 0 Å². The quantitative estimate of drug-likeness (QED) is 0.531. The molecule has 2 aromatic rings. The van der Waals surface area contributed by atoms with E-state index in [9.17, 15) is 10.1 Å². The Morgan fingerprint density at radius 2 is 2.00 bits per heavy atom. The van der Waals surface area contributed by atoms with Crippen LogP contribution in [0.5, 0.6) is 17.4 Å². The monoisotopic (exact) mass is 372 g/mol. The number of aromatic nitrogens is 2. The zero-order chi connectivity index (χ0) is 19.2. The summed E-state index contributed by atoms with van der Waals surface area (Å²) in [7, 11) is 1.55. The number of rotatable bonds is 7. The van der Waals surface area contributed by atoms with E-state index < -0.39 is 4.92 Å². The summed E-state index contributed by atoms with van der Waals surface area (Å²) in [5, 5.41) is 11.8. The highest BCUT2D eigenvalue weighted by atomic mass is 16.6. The molecule has 144 valence electrons. The Kier molecular flexibility index (Phi) is 6.05. The number of piperidine rings is 1. The minimum absolute atomic E-state index is 0.0612. The molecule has 3 rings (SSSR count). The average Bonchev–Trinajstić information content (AvgIpc) is 2.68. The van der Waals surface area contributed by atoms with Crippen LogP contribution in [0, 0.1) is 16.0 Å². The Bertz CT molecular complexity index is 791. The Balaban J connectivity index is 1.86. The van der Waals surface area contributed by atoms with E-state index in [2.05, 4.69) is 16.9 Å². The van der Waals surface area contributed by atoms with E-state index in [0.717, 1.165) is 32.4 Å². The predicted molar refractivity (Wildman–Crippen MR) is 102 cm³/mol. The van der Waals surface area contributed by atoms with Gasteiger partial charge < -0.3 is 14.4 Å². The van der Waals surface area contributed by atoms with Crippen LogP contribution in [0.2, 0.25) is 0 Å². The van der Waals surface area contributed by atoms with Crippen LogP contribution < -0.4 is 14.4 Å². The Labute approximate surface area is 158 Å². The van der Waals surface area contributed by atoms with Gasteiger partial charge in [0, 0.05) is 19.2 Å². The third-order valence-electron chi connectivity index (χ3n) is 4.82. The first-order chi connectivity index (χ1) is 13.1. The second kappa shape index (κ2) is 8.66. The number of hydrogen-bond donors (Lipinski definition) is 0. The molecule has 27 heavy (non-hydrogen) atoms. The van der Waals surface area contributed by atoms with E-state index in [-0.39, 0.29) is 11.6 Å². The molecule has 0 amide bonds. The van der Waals surface area contributed by atoms with E-state index in [1.54, 1.807) is 31.4 Å². The molecular weight excluding hydrogens is 348 g/mol. The van der Waals surface area contributed by atoms with Gasteiger partial charge in [-0.25, -0.2) is 4.98 Å². The zero-order valence-corrected chi connectivity index (χ0v) is 15.6. The van der Waals surface area contributed by atoms with Crippen molar-refractivity contribution in [2.24, 2.45) is 5.92 Å². The maximum absolute atomic E-state index is 11.8. The van der Waals surface area contributed by atoms with Gasteiger partial charge in [-0.1, -0.05) is 25.8 Å². The van der Waals surface area contributed by atoms with Crippen molar-refractivity contribution in [1.29, 1.82) is 0 Å². The number of methoxy groups -OCH3 is 1. The third-order valence-corrected chi connectivity index (χ3v) is 4.82. The summed E-state index contributed by atoms with van der Waals surface area (Å²) in [5.74, 6) is 1.96. The largest absolute Gasteiger partial charge is 0.497 e. The Hall–Kier alpha value is -2.90. The van der Waals surface area contributed by atoms with Crippen molar-refractivity contribution < 1.29 is 14.4 Å². The van der Waals surface area contributed by atoms with E-state index in [1.165, 1.54) is 12.7 Å². The molecule has 1 saturated heterocycles. The fourth-order valence-corrected chi connectivity index (χ4v) is 3.44.